The van der Waals surface area contributed by atoms with Crippen LogP contribution in [0.3, 0.4) is 0 Å². The van der Waals surface area contributed by atoms with Gasteiger partial charge < -0.3 is 16.0 Å². The fourth-order valence-corrected chi connectivity index (χ4v) is 3.99. The maximum absolute atomic E-state index is 12.1. The lowest BCUT2D eigenvalue weighted by Gasteiger charge is -2.30. The first-order valence-electron chi connectivity index (χ1n) is 10.1. The van der Waals surface area contributed by atoms with Crippen molar-refractivity contribution in [2.75, 3.05) is 19.6 Å². The Morgan fingerprint density at radius 1 is 1.19 bits per heavy atom. The van der Waals surface area contributed by atoms with Gasteiger partial charge in [-0.1, -0.05) is 38.1 Å². The number of hydrogen-bond donors (Lipinski definition) is 3. The van der Waals surface area contributed by atoms with Gasteiger partial charge in [0, 0.05) is 26.2 Å². The van der Waals surface area contributed by atoms with Crippen molar-refractivity contribution in [3.8, 4) is 0 Å². The number of likely N-dealkylation sites (tertiary alicyclic amines) is 1. The Kier molecular flexibility index (Phi) is 6.72. The normalized spacial score (nSPS) is 26.3. The van der Waals surface area contributed by atoms with Gasteiger partial charge in [-0.3, -0.25) is 9.69 Å². The minimum absolute atomic E-state index is 0.0970. The molecule has 3 rings (SSSR count). The molecule has 148 valence electrons. The first-order valence-corrected chi connectivity index (χ1v) is 10.1. The van der Waals surface area contributed by atoms with Crippen LogP contribution >= 0.6 is 0 Å². The quantitative estimate of drug-likeness (QED) is 0.742. The molecule has 2 saturated heterocycles. The molecule has 27 heavy (non-hydrogen) atoms. The predicted octanol–water partition coefficient (Wildman–Crippen LogP) is 2.24. The molecule has 3 unspecified atom stereocenters. The van der Waals surface area contributed by atoms with E-state index in [2.05, 4.69) is 52.0 Å². The van der Waals surface area contributed by atoms with Crippen LogP contribution in [0.15, 0.2) is 24.3 Å². The van der Waals surface area contributed by atoms with Gasteiger partial charge in [0.25, 0.3) is 0 Å². The third kappa shape index (κ3) is 5.70. The van der Waals surface area contributed by atoms with Crippen LogP contribution in [0.5, 0.6) is 0 Å². The standard InChI is InChI=1S/C21H32N4O2/c1-15-4-3-11-25(13-15)14-18-7-5-17(6-8-18)12-23-21(27)24-19-16(2)9-10-22-20(19)26/h5-8,15-16,19H,3-4,9-14H2,1-2H3,(H,22,26)(H2,23,24,27). The summed E-state index contributed by atoms with van der Waals surface area (Å²) in [7, 11) is 0. The number of benzene rings is 1. The molecule has 0 aliphatic carbocycles. The maximum atomic E-state index is 12.1. The Morgan fingerprint density at radius 2 is 1.93 bits per heavy atom. The molecule has 3 N–H and O–H groups in total. The lowest BCUT2D eigenvalue weighted by molar-refractivity contribution is -0.125. The molecule has 6 heteroatoms. The van der Waals surface area contributed by atoms with Gasteiger partial charge in [0.1, 0.15) is 6.04 Å². The highest BCUT2D eigenvalue weighted by Gasteiger charge is 2.29. The van der Waals surface area contributed by atoms with Gasteiger partial charge in [-0.05, 0) is 48.8 Å². The van der Waals surface area contributed by atoms with Crippen LogP contribution in [0.4, 0.5) is 4.79 Å². The smallest absolute Gasteiger partial charge is 0.315 e. The van der Waals surface area contributed by atoms with E-state index in [-0.39, 0.29) is 17.9 Å². The lowest BCUT2D eigenvalue weighted by Crippen LogP contribution is -2.56. The summed E-state index contributed by atoms with van der Waals surface area (Å²) in [6, 6.07) is 7.68. The van der Waals surface area contributed by atoms with E-state index in [0.717, 1.165) is 24.4 Å². The predicted molar refractivity (Wildman–Crippen MR) is 106 cm³/mol. The molecular formula is C21H32N4O2. The maximum Gasteiger partial charge on any atom is 0.315 e. The lowest BCUT2D eigenvalue weighted by atomic mass is 9.94. The summed E-state index contributed by atoms with van der Waals surface area (Å²) in [5.74, 6) is 0.844. The zero-order valence-corrected chi connectivity index (χ0v) is 16.5. The Bertz CT molecular complexity index is 646. The summed E-state index contributed by atoms with van der Waals surface area (Å²) in [6.45, 7) is 8.80. The fraction of sp³-hybridized carbons (Fsp3) is 0.619. The molecule has 0 radical (unpaired) electrons. The van der Waals surface area contributed by atoms with Crippen LogP contribution in [0, 0.1) is 11.8 Å². The van der Waals surface area contributed by atoms with Gasteiger partial charge in [0.15, 0.2) is 0 Å². The number of nitrogens with one attached hydrogen (secondary N) is 3. The van der Waals surface area contributed by atoms with E-state index >= 15 is 0 Å². The Hall–Kier alpha value is -2.08. The topological polar surface area (TPSA) is 73.5 Å². The second-order valence-electron chi connectivity index (χ2n) is 8.16. The molecule has 1 aromatic rings. The van der Waals surface area contributed by atoms with Crippen molar-refractivity contribution in [2.45, 2.75) is 52.2 Å². The second-order valence-corrected chi connectivity index (χ2v) is 8.16. The van der Waals surface area contributed by atoms with Crippen molar-refractivity contribution in [3.63, 3.8) is 0 Å². The van der Waals surface area contributed by atoms with Crippen molar-refractivity contribution in [1.29, 1.82) is 0 Å². The molecule has 0 aromatic heterocycles. The highest BCUT2D eigenvalue weighted by molar-refractivity contribution is 5.87. The fourth-order valence-electron chi connectivity index (χ4n) is 3.99. The van der Waals surface area contributed by atoms with Crippen LogP contribution in [0.25, 0.3) is 0 Å². The monoisotopic (exact) mass is 372 g/mol. The highest BCUT2D eigenvalue weighted by atomic mass is 16.2. The van der Waals surface area contributed by atoms with Crippen LogP contribution in [0.2, 0.25) is 0 Å². The SMILES string of the molecule is CC1CCCN(Cc2ccc(CNC(=O)NC3C(=O)NCCC3C)cc2)C1. The minimum atomic E-state index is -0.451. The first kappa shape index (κ1) is 19.7. The third-order valence-electron chi connectivity index (χ3n) is 5.66. The van der Waals surface area contributed by atoms with Crippen LogP contribution in [-0.2, 0) is 17.9 Å². The third-order valence-corrected chi connectivity index (χ3v) is 5.66. The van der Waals surface area contributed by atoms with Crippen molar-refractivity contribution in [2.24, 2.45) is 11.8 Å². The Balaban J connectivity index is 1.44. The first-order chi connectivity index (χ1) is 13.0. The van der Waals surface area contributed by atoms with E-state index in [1.807, 2.05) is 6.92 Å². The molecule has 0 saturated carbocycles. The molecule has 2 aliphatic heterocycles. The van der Waals surface area contributed by atoms with Crippen molar-refractivity contribution >= 4 is 11.9 Å². The van der Waals surface area contributed by atoms with Gasteiger partial charge in [-0.15, -0.1) is 0 Å². The van der Waals surface area contributed by atoms with E-state index in [4.69, 9.17) is 0 Å². The molecule has 6 nitrogen and oxygen atoms in total. The van der Waals surface area contributed by atoms with Crippen LogP contribution in [0.1, 0.15) is 44.2 Å². The molecule has 2 fully saturated rings. The number of nitrogens with zero attached hydrogens (tertiary/aromatic N) is 1. The number of urea groups is 1. The number of carbonyl (C=O) groups is 2. The van der Waals surface area contributed by atoms with E-state index in [1.54, 1.807) is 0 Å². The number of hydrogen-bond acceptors (Lipinski definition) is 3. The number of piperidine rings is 2. The molecule has 0 spiro atoms. The highest BCUT2D eigenvalue weighted by Crippen LogP contribution is 2.18. The molecule has 3 amide bonds. The summed E-state index contributed by atoms with van der Waals surface area (Å²) in [6.07, 6.45) is 3.51. The molecule has 0 bridgehead atoms. The van der Waals surface area contributed by atoms with E-state index in [0.29, 0.717) is 13.1 Å². The molecular weight excluding hydrogens is 340 g/mol. The van der Waals surface area contributed by atoms with E-state index in [9.17, 15) is 9.59 Å². The molecule has 1 aromatic carbocycles. The van der Waals surface area contributed by atoms with Gasteiger partial charge >= 0.3 is 6.03 Å². The molecule has 2 aliphatic rings. The average Bonchev–Trinajstić information content (AvgIpc) is 2.64. The zero-order valence-electron chi connectivity index (χ0n) is 16.5. The van der Waals surface area contributed by atoms with Crippen LogP contribution < -0.4 is 16.0 Å². The Morgan fingerprint density at radius 3 is 2.63 bits per heavy atom. The number of carbonyl (C=O) groups excluding carboxylic acids is 2. The molecule has 3 atom stereocenters. The zero-order chi connectivity index (χ0) is 19.2. The van der Waals surface area contributed by atoms with Gasteiger partial charge in [0.05, 0.1) is 0 Å². The number of amides is 3. The van der Waals surface area contributed by atoms with Gasteiger partial charge in [-0.2, -0.15) is 0 Å². The summed E-state index contributed by atoms with van der Waals surface area (Å²) >= 11 is 0. The van der Waals surface area contributed by atoms with Crippen molar-refractivity contribution in [3.05, 3.63) is 35.4 Å². The second kappa shape index (κ2) is 9.22. The summed E-state index contributed by atoms with van der Waals surface area (Å²) in [4.78, 5) is 26.5. The largest absolute Gasteiger partial charge is 0.354 e. The molecule has 2 heterocycles. The van der Waals surface area contributed by atoms with Crippen molar-refractivity contribution in [1.82, 2.24) is 20.9 Å². The Labute approximate surface area is 162 Å². The van der Waals surface area contributed by atoms with Gasteiger partial charge in [-0.25, -0.2) is 4.79 Å². The summed E-state index contributed by atoms with van der Waals surface area (Å²) in [5.41, 5.74) is 2.37. The van der Waals surface area contributed by atoms with E-state index < -0.39 is 6.04 Å². The van der Waals surface area contributed by atoms with Gasteiger partial charge in [0.2, 0.25) is 5.91 Å². The average molecular weight is 373 g/mol. The van der Waals surface area contributed by atoms with Crippen molar-refractivity contribution < 1.29 is 9.59 Å². The summed E-state index contributed by atoms with van der Waals surface area (Å²) in [5, 5.41) is 8.44. The minimum Gasteiger partial charge on any atom is -0.354 e. The number of rotatable bonds is 5. The van der Waals surface area contributed by atoms with Crippen LogP contribution in [-0.4, -0.2) is 42.5 Å². The van der Waals surface area contributed by atoms with E-state index in [1.165, 1.54) is 31.5 Å². The summed E-state index contributed by atoms with van der Waals surface area (Å²) < 4.78 is 0.